The van der Waals surface area contributed by atoms with Crippen LogP contribution < -0.4 is 10.6 Å². The van der Waals surface area contributed by atoms with Crippen molar-refractivity contribution in [3.8, 4) is 0 Å². The summed E-state index contributed by atoms with van der Waals surface area (Å²) in [7, 11) is -0.570. The number of anilines is 1. The predicted octanol–water partition coefficient (Wildman–Crippen LogP) is 2.03. The van der Waals surface area contributed by atoms with Crippen LogP contribution in [-0.2, 0) is 14.0 Å². The van der Waals surface area contributed by atoms with E-state index in [1.807, 2.05) is 53.4 Å². The minimum atomic E-state index is -0.570. The third-order valence-electron chi connectivity index (χ3n) is 5.20. The molecule has 8 nitrogen and oxygen atoms in total. The van der Waals surface area contributed by atoms with Crippen LogP contribution in [0.5, 0.6) is 0 Å². The fourth-order valence-electron chi connectivity index (χ4n) is 2.90. The first-order chi connectivity index (χ1) is 12.4. The lowest BCUT2D eigenvalue weighted by Crippen LogP contribution is -2.50. The van der Waals surface area contributed by atoms with Gasteiger partial charge in [-0.05, 0) is 48.5 Å². The van der Waals surface area contributed by atoms with Crippen molar-refractivity contribution in [2.75, 3.05) is 31.1 Å². The van der Waals surface area contributed by atoms with Crippen molar-refractivity contribution in [3.63, 3.8) is 0 Å². The molecule has 2 aliphatic rings. The van der Waals surface area contributed by atoms with Crippen LogP contribution in [0.4, 0.5) is 10.8 Å². The maximum atomic E-state index is 12.2. The molecule has 0 atom stereocenters. The molecule has 2 aliphatic heterocycles. The van der Waals surface area contributed by atoms with Gasteiger partial charge in [-0.1, -0.05) is 0 Å². The maximum absolute atomic E-state index is 12.2. The van der Waals surface area contributed by atoms with Gasteiger partial charge >= 0.3 is 13.2 Å². The molecule has 3 rings (SSSR count). The third-order valence-corrected chi connectivity index (χ3v) is 5.20. The van der Waals surface area contributed by atoms with Crippen molar-refractivity contribution in [1.29, 1.82) is 0 Å². The van der Waals surface area contributed by atoms with Crippen LogP contribution in [0.3, 0.4) is 0 Å². The summed E-state index contributed by atoms with van der Waals surface area (Å²) in [5, 5.41) is 0. The zero-order valence-corrected chi connectivity index (χ0v) is 17.4. The Hall–Kier alpha value is -1.74. The van der Waals surface area contributed by atoms with Crippen LogP contribution in [0.25, 0.3) is 0 Å². The number of hydrogen-bond donors (Lipinski definition) is 0. The molecule has 0 radical (unpaired) electrons. The van der Waals surface area contributed by atoms with Crippen LogP contribution in [0.1, 0.15) is 48.5 Å². The Morgan fingerprint density at radius 3 is 2.19 bits per heavy atom. The zero-order valence-electron chi connectivity index (χ0n) is 17.4. The number of ether oxygens (including phenoxy) is 1. The molecule has 0 unspecified atom stereocenters. The van der Waals surface area contributed by atoms with E-state index in [1.54, 1.807) is 11.1 Å². The summed E-state index contributed by atoms with van der Waals surface area (Å²) in [5.41, 5.74) is -0.791. The molecule has 3 heterocycles. The number of rotatable bonds is 2. The molecule has 2 saturated heterocycles. The maximum Gasteiger partial charge on any atom is 0.534 e. The van der Waals surface area contributed by atoms with E-state index in [9.17, 15) is 4.79 Å². The SMILES string of the molecule is CC(C)(C)OC(=O)N1CCN(c2ncc(B3OC(C)(C)C(C)(C)O3)o2)CC1. The van der Waals surface area contributed by atoms with E-state index in [0.717, 1.165) is 0 Å². The molecule has 1 aromatic heterocycles. The highest BCUT2D eigenvalue weighted by Crippen LogP contribution is 2.36. The van der Waals surface area contributed by atoms with Gasteiger partial charge in [-0.2, -0.15) is 0 Å². The molecule has 1 amide bonds. The molecule has 0 bridgehead atoms. The Bertz CT molecular complexity index is 673. The molecule has 0 aromatic carbocycles. The van der Waals surface area contributed by atoms with Crippen LogP contribution in [0, 0.1) is 0 Å². The molecule has 0 spiro atoms. The van der Waals surface area contributed by atoms with E-state index in [-0.39, 0.29) is 6.09 Å². The first kappa shape index (κ1) is 20.0. The average molecular weight is 379 g/mol. The summed E-state index contributed by atoms with van der Waals surface area (Å²) < 4.78 is 23.3. The van der Waals surface area contributed by atoms with E-state index in [1.165, 1.54) is 0 Å². The molecule has 0 saturated carbocycles. The largest absolute Gasteiger partial charge is 0.534 e. The third kappa shape index (κ3) is 4.24. The number of amides is 1. The first-order valence-electron chi connectivity index (χ1n) is 9.42. The number of aromatic nitrogens is 1. The number of piperazine rings is 1. The van der Waals surface area contributed by atoms with Crippen molar-refractivity contribution >= 4 is 24.9 Å². The van der Waals surface area contributed by atoms with Gasteiger partial charge < -0.3 is 28.3 Å². The Morgan fingerprint density at radius 2 is 1.67 bits per heavy atom. The standard InChI is InChI=1S/C18H30BN3O5/c1-16(2,3)25-15(23)22-10-8-21(9-11-22)14-20-12-13(24-14)19-26-17(4,5)18(6,7)27-19/h12H,8-11H2,1-7H3. The lowest BCUT2D eigenvalue weighted by atomic mass is 9.87. The molecule has 150 valence electrons. The highest BCUT2D eigenvalue weighted by molar-refractivity contribution is 6.60. The number of nitrogens with zero attached hydrogens (tertiary/aromatic N) is 3. The van der Waals surface area contributed by atoms with Gasteiger partial charge in [-0.25, -0.2) is 9.78 Å². The molecule has 2 fully saturated rings. The van der Waals surface area contributed by atoms with E-state index in [2.05, 4.69) is 4.98 Å². The Kier molecular flexibility index (Phi) is 4.97. The second kappa shape index (κ2) is 6.70. The smallest absolute Gasteiger partial charge is 0.444 e. The first-order valence-corrected chi connectivity index (χ1v) is 9.42. The Morgan fingerprint density at radius 1 is 1.11 bits per heavy atom. The lowest BCUT2D eigenvalue weighted by Gasteiger charge is -2.34. The zero-order chi connectivity index (χ0) is 20.0. The fraction of sp³-hybridized carbons (Fsp3) is 0.778. The van der Waals surface area contributed by atoms with Crippen molar-refractivity contribution in [2.45, 2.75) is 65.3 Å². The minimum absolute atomic E-state index is 0.285. The molecule has 0 N–H and O–H groups in total. The molecule has 1 aromatic rings. The number of carbonyl (C=O) groups excluding carboxylic acids is 1. The number of oxazole rings is 1. The Labute approximate surface area is 161 Å². The fourth-order valence-corrected chi connectivity index (χ4v) is 2.90. The van der Waals surface area contributed by atoms with Gasteiger partial charge in [-0.3, -0.25) is 0 Å². The highest BCUT2D eigenvalue weighted by atomic mass is 16.7. The molecular weight excluding hydrogens is 349 g/mol. The lowest BCUT2D eigenvalue weighted by molar-refractivity contribution is 0.00578. The van der Waals surface area contributed by atoms with E-state index in [0.29, 0.717) is 37.9 Å². The van der Waals surface area contributed by atoms with Gasteiger partial charge in [0.25, 0.3) is 6.01 Å². The van der Waals surface area contributed by atoms with Crippen molar-refractivity contribution < 1.29 is 23.3 Å². The summed E-state index contributed by atoms with van der Waals surface area (Å²) in [4.78, 5) is 20.3. The number of carbonyl (C=O) groups is 1. The molecule has 27 heavy (non-hydrogen) atoms. The Balaban J connectivity index is 1.58. The molecular formula is C18H30BN3O5. The summed E-state index contributed by atoms with van der Waals surface area (Å²) in [5.74, 6) is 0. The van der Waals surface area contributed by atoms with Gasteiger partial charge in [0, 0.05) is 26.2 Å². The van der Waals surface area contributed by atoms with Gasteiger partial charge in [0.15, 0.2) is 5.66 Å². The summed E-state index contributed by atoms with van der Waals surface area (Å²) in [6.07, 6.45) is 1.37. The minimum Gasteiger partial charge on any atom is -0.444 e. The van der Waals surface area contributed by atoms with Crippen LogP contribution in [-0.4, -0.2) is 66.1 Å². The van der Waals surface area contributed by atoms with E-state index in [4.69, 9.17) is 18.5 Å². The van der Waals surface area contributed by atoms with Gasteiger partial charge in [0.05, 0.1) is 17.4 Å². The summed E-state index contributed by atoms with van der Waals surface area (Å²) in [6, 6.07) is 0.517. The second-order valence-corrected chi connectivity index (χ2v) is 9.09. The van der Waals surface area contributed by atoms with Crippen LogP contribution in [0.2, 0.25) is 0 Å². The summed E-state index contributed by atoms with van der Waals surface area (Å²) >= 11 is 0. The van der Waals surface area contributed by atoms with Gasteiger partial charge in [-0.15, -0.1) is 0 Å². The van der Waals surface area contributed by atoms with Crippen molar-refractivity contribution in [3.05, 3.63) is 6.20 Å². The van der Waals surface area contributed by atoms with Gasteiger partial charge in [0.1, 0.15) is 5.60 Å². The second-order valence-electron chi connectivity index (χ2n) is 9.09. The van der Waals surface area contributed by atoms with E-state index >= 15 is 0 Å². The van der Waals surface area contributed by atoms with Crippen LogP contribution >= 0.6 is 0 Å². The molecule has 9 heteroatoms. The topological polar surface area (TPSA) is 77.3 Å². The van der Waals surface area contributed by atoms with Crippen LogP contribution in [0.15, 0.2) is 10.6 Å². The monoisotopic (exact) mass is 379 g/mol. The highest BCUT2D eigenvalue weighted by Gasteiger charge is 2.53. The van der Waals surface area contributed by atoms with E-state index < -0.39 is 23.9 Å². The van der Waals surface area contributed by atoms with Crippen molar-refractivity contribution in [2.24, 2.45) is 0 Å². The molecule has 0 aliphatic carbocycles. The van der Waals surface area contributed by atoms with Crippen molar-refractivity contribution in [1.82, 2.24) is 9.88 Å². The van der Waals surface area contributed by atoms with Gasteiger partial charge in [0.2, 0.25) is 0 Å². The summed E-state index contributed by atoms with van der Waals surface area (Å²) in [6.45, 7) is 16.0. The average Bonchev–Trinajstić information content (AvgIpc) is 3.09. The predicted molar refractivity (Wildman–Crippen MR) is 102 cm³/mol. The quantitative estimate of drug-likeness (QED) is 0.728. The normalized spacial score (nSPS) is 22.3. The number of hydrogen-bond acceptors (Lipinski definition) is 7.